The van der Waals surface area contributed by atoms with Crippen LogP contribution < -0.4 is 0 Å². The number of benzene rings is 1. The molecular formula is C15H23NO3. The zero-order valence-corrected chi connectivity index (χ0v) is 11.9. The van der Waals surface area contributed by atoms with Crippen molar-refractivity contribution in [1.82, 2.24) is 4.90 Å². The third-order valence-corrected chi connectivity index (χ3v) is 3.16. The molecule has 0 aliphatic heterocycles. The number of nitrogens with zero attached hydrogens (tertiary/aromatic N) is 1. The summed E-state index contributed by atoms with van der Waals surface area (Å²) in [6.45, 7) is 8.93. The summed E-state index contributed by atoms with van der Waals surface area (Å²) in [5.41, 5.74) is 1.31. The number of carbonyl (C=O) groups excluding carboxylic acids is 1. The minimum atomic E-state index is -0.521. The van der Waals surface area contributed by atoms with Gasteiger partial charge in [0.25, 0.3) is 0 Å². The van der Waals surface area contributed by atoms with Crippen molar-refractivity contribution in [2.75, 3.05) is 26.2 Å². The Morgan fingerprint density at radius 2 is 1.84 bits per heavy atom. The fourth-order valence-electron chi connectivity index (χ4n) is 1.79. The first kappa shape index (κ1) is 15.7. The second-order valence-corrected chi connectivity index (χ2v) is 4.46. The summed E-state index contributed by atoms with van der Waals surface area (Å²) < 4.78 is 5.22. The van der Waals surface area contributed by atoms with Gasteiger partial charge in [-0.25, -0.2) is 4.79 Å². The maximum atomic E-state index is 11.8. The molecule has 4 heteroatoms. The van der Waals surface area contributed by atoms with Crippen LogP contribution in [0, 0.1) is 0 Å². The first-order chi connectivity index (χ1) is 9.08. The minimum Gasteiger partial charge on any atom is -0.461 e. The maximum Gasteiger partial charge on any atom is 0.338 e. The molecule has 0 spiro atoms. The first-order valence-electron chi connectivity index (χ1n) is 6.76. The number of rotatable bonds is 7. The van der Waals surface area contributed by atoms with E-state index in [0.717, 1.165) is 25.2 Å². The van der Waals surface area contributed by atoms with E-state index in [2.05, 4.69) is 18.7 Å². The van der Waals surface area contributed by atoms with Crippen LogP contribution in [0.25, 0.3) is 0 Å². The highest BCUT2D eigenvalue weighted by molar-refractivity contribution is 5.89. The molecule has 0 aliphatic carbocycles. The van der Waals surface area contributed by atoms with E-state index in [4.69, 9.17) is 4.74 Å². The third kappa shape index (κ3) is 5.01. The lowest BCUT2D eigenvalue weighted by atomic mass is 10.1. The molecule has 106 valence electrons. The van der Waals surface area contributed by atoms with Crippen LogP contribution in [0.15, 0.2) is 24.3 Å². The predicted molar refractivity (Wildman–Crippen MR) is 75.1 cm³/mol. The fraction of sp³-hybridized carbons (Fsp3) is 0.533. The average Bonchev–Trinajstić information content (AvgIpc) is 2.43. The van der Waals surface area contributed by atoms with Crippen molar-refractivity contribution in [2.45, 2.75) is 26.9 Å². The molecule has 19 heavy (non-hydrogen) atoms. The van der Waals surface area contributed by atoms with Crippen molar-refractivity contribution >= 4 is 5.97 Å². The number of aliphatic hydroxyl groups is 1. The molecule has 0 saturated carbocycles. The molecule has 1 aromatic rings. The molecule has 0 heterocycles. The summed E-state index contributed by atoms with van der Waals surface area (Å²) in [4.78, 5) is 14.0. The zero-order chi connectivity index (χ0) is 14.3. The normalized spacial score (nSPS) is 12.5. The molecule has 0 saturated heterocycles. The molecule has 0 amide bonds. The van der Waals surface area contributed by atoms with Gasteiger partial charge in [0, 0.05) is 6.54 Å². The van der Waals surface area contributed by atoms with Crippen molar-refractivity contribution in [3.05, 3.63) is 35.4 Å². The van der Waals surface area contributed by atoms with Crippen molar-refractivity contribution in [2.24, 2.45) is 0 Å². The molecule has 0 fully saturated rings. The van der Waals surface area contributed by atoms with Crippen LogP contribution in [-0.2, 0) is 4.74 Å². The highest BCUT2D eigenvalue weighted by Crippen LogP contribution is 2.13. The molecule has 1 atom stereocenters. The Bertz CT molecular complexity index is 383. The van der Waals surface area contributed by atoms with E-state index in [1.54, 1.807) is 31.2 Å². The van der Waals surface area contributed by atoms with Crippen molar-refractivity contribution in [1.29, 1.82) is 0 Å². The van der Waals surface area contributed by atoms with E-state index >= 15 is 0 Å². The monoisotopic (exact) mass is 265 g/mol. The van der Waals surface area contributed by atoms with Crippen LogP contribution in [0.2, 0.25) is 0 Å². The van der Waals surface area contributed by atoms with E-state index in [9.17, 15) is 9.90 Å². The Balaban J connectivity index is 2.45. The van der Waals surface area contributed by atoms with Gasteiger partial charge in [0.1, 0.15) is 6.61 Å². The van der Waals surface area contributed by atoms with Crippen LogP contribution in [0.1, 0.15) is 42.8 Å². The Morgan fingerprint density at radius 3 is 2.32 bits per heavy atom. The molecule has 4 nitrogen and oxygen atoms in total. The quantitative estimate of drug-likeness (QED) is 0.768. The van der Waals surface area contributed by atoms with Crippen LogP contribution in [0.5, 0.6) is 0 Å². The zero-order valence-electron chi connectivity index (χ0n) is 11.9. The van der Waals surface area contributed by atoms with Gasteiger partial charge in [-0.15, -0.1) is 0 Å². The van der Waals surface area contributed by atoms with Gasteiger partial charge in [-0.1, -0.05) is 26.0 Å². The number of hydrogen-bond acceptors (Lipinski definition) is 4. The molecule has 0 aromatic heterocycles. The highest BCUT2D eigenvalue weighted by Gasteiger charge is 2.09. The van der Waals surface area contributed by atoms with E-state index in [1.165, 1.54) is 0 Å². The van der Waals surface area contributed by atoms with Crippen molar-refractivity contribution in [3.8, 4) is 0 Å². The average molecular weight is 265 g/mol. The highest BCUT2D eigenvalue weighted by atomic mass is 16.5. The number of esters is 1. The third-order valence-electron chi connectivity index (χ3n) is 3.16. The lowest BCUT2D eigenvalue weighted by Crippen LogP contribution is -2.27. The number of ether oxygens (including phenoxy) is 1. The second-order valence-electron chi connectivity index (χ2n) is 4.46. The van der Waals surface area contributed by atoms with E-state index < -0.39 is 6.10 Å². The van der Waals surface area contributed by atoms with E-state index in [1.807, 2.05) is 0 Å². The molecule has 1 N–H and O–H groups in total. The Morgan fingerprint density at radius 1 is 1.26 bits per heavy atom. The number of likely N-dealkylation sites (N-methyl/N-ethyl adjacent to an activating group) is 1. The van der Waals surface area contributed by atoms with Gasteiger partial charge in [-0.05, 0) is 37.7 Å². The van der Waals surface area contributed by atoms with Gasteiger partial charge >= 0.3 is 5.97 Å². The molecule has 0 radical (unpaired) electrons. The van der Waals surface area contributed by atoms with Crippen LogP contribution in [0.3, 0.4) is 0 Å². The summed E-state index contributed by atoms with van der Waals surface area (Å²) in [6, 6.07) is 6.85. The number of hydrogen-bond donors (Lipinski definition) is 1. The van der Waals surface area contributed by atoms with Gasteiger partial charge in [-0.3, -0.25) is 0 Å². The van der Waals surface area contributed by atoms with Gasteiger partial charge in [0.2, 0.25) is 0 Å². The van der Waals surface area contributed by atoms with Crippen molar-refractivity contribution in [3.63, 3.8) is 0 Å². The topological polar surface area (TPSA) is 49.8 Å². The maximum absolute atomic E-state index is 11.8. The predicted octanol–water partition coefficient (Wildman–Crippen LogP) is 2.24. The Hall–Kier alpha value is -1.39. The van der Waals surface area contributed by atoms with Gasteiger partial charge in [0.15, 0.2) is 0 Å². The molecule has 1 unspecified atom stereocenters. The summed E-state index contributed by atoms with van der Waals surface area (Å²) in [5.74, 6) is -0.315. The summed E-state index contributed by atoms with van der Waals surface area (Å²) in [7, 11) is 0. The van der Waals surface area contributed by atoms with Gasteiger partial charge in [0.05, 0.1) is 11.7 Å². The Labute approximate surface area is 115 Å². The van der Waals surface area contributed by atoms with Crippen LogP contribution >= 0.6 is 0 Å². The SMILES string of the molecule is CCN(CC)CCOC(=O)c1ccc(C(C)O)cc1. The summed E-state index contributed by atoms with van der Waals surface area (Å²) in [6.07, 6.45) is -0.521. The van der Waals surface area contributed by atoms with E-state index in [0.29, 0.717) is 12.2 Å². The standard InChI is InChI=1S/C15H23NO3/c1-4-16(5-2)10-11-19-15(18)14-8-6-13(7-9-14)12(3)17/h6-9,12,17H,4-5,10-11H2,1-3H3. The molecule has 1 aromatic carbocycles. The van der Waals surface area contributed by atoms with Gasteiger partial charge in [-0.2, -0.15) is 0 Å². The van der Waals surface area contributed by atoms with E-state index in [-0.39, 0.29) is 5.97 Å². The summed E-state index contributed by atoms with van der Waals surface area (Å²) in [5, 5.41) is 9.39. The number of carbonyl (C=O) groups is 1. The number of aliphatic hydroxyl groups excluding tert-OH is 1. The summed E-state index contributed by atoms with van der Waals surface area (Å²) >= 11 is 0. The Kier molecular flexibility index (Phi) is 6.53. The first-order valence-corrected chi connectivity index (χ1v) is 6.76. The van der Waals surface area contributed by atoms with Crippen molar-refractivity contribution < 1.29 is 14.6 Å². The van der Waals surface area contributed by atoms with Gasteiger partial charge < -0.3 is 14.7 Å². The molecular weight excluding hydrogens is 242 g/mol. The van der Waals surface area contributed by atoms with Crippen LogP contribution in [0.4, 0.5) is 0 Å². The fourth-order valence-corrected chi connectivity index (χ4v) is 1.79. The lowest BCUT2D eigenvalue weighted by Gasteiger charge is -2.17. The molecule has 0 bridgehead atoms. The smallest absolute Gasteiger partial charge is 0.338 e. The lowest BCUT2D eigenvalue weighted by molar-refractivity contribution is 0.0466. The molecule has 0 aliphatic rings. The largest absolute Gasteiger partial charge is 0.461 e. The minimum absolute atomic E-state index is 0.315. The second kappa shape index (κ2) is 7.92. The van der Waals surface area contributed by atoms with Crippen LogP contribution in [-0.4, -0.2) is 42.2 Å². The molecule has 1 rings (SSSR count).